The summed E-state index contributed by atoms with van der Waals surface area (Å²) in [6, 6.07) is 26.8. The first-order valence-corrected chi connectivity index (χ1v) is 9.94. The second-order valence-corrected chi connectivity index (χ2v) is 7.33. The Hall–Kier alpha value is -3.50. The Bertz CT molecular complexity index is 1180. The number of amides is 1. The Balaban J connectivity index is 1.78. The summed E-state index contributed by atoms with van der Waals surface area (Å²) in [7, 11) is 1.60. The minimum atomic E-state index is -0.175. The van der Waals surface area contributed by atoms with E-state index in [4.69, 9.17) is 16.3 Å². The Kier molecular flexibility index (Phi) is 5.59. The van der Waals surface area contributed by atoms with Crippen molar-refractivity contribution < 1.29 is 9.53 Å². The van der Waals surface area contributed by atoms with Crippen molar-refractivity contribution in [1.29, 1.82) is 0 Å². The first kappa shape index (κ1) is 19.8. The third kappa shape index (κ3) is 3.95. The second-order valence-electron chi connectivity index (χ2n) is 6.89. The molecule has 0 spiro atoms. The van der Waals surface area contributed by atoms with Crippen LogP contribution in [0.5, 0.6) is 5.75 Å². The van der Waals surface area contributed by atoms with Gasteiger partial charge in [-0.25, -0.2) is 0 Å². The number of nitrogens with one attached hydrogen (secondary N) is 1. The highest BCUT2D eigenvalue weighted by Gasteiger charge is 2.20. The summed E-state index contributed by atoms with van der Waals surface area (Å²) in [5, 5.41) is 3.64. The van der Waals surface area contributed by atoms with Gasteiger partial charge in [-0.05, 0) is 55.0 Å². The smallest absolute Gasteiger partial charge is 0.257 e. The molecule has 3 aromatic carbocycles. The van der Waals surface area contributed by atoms with Crippen LogP contribution in [0.3, 0.4) is 0 Å². The van der Waals surface area contributed by atoms with Gasteiger partial charge in [-0.3, -0.25) is 4.79 Å². The minimum Gasteiger partial charge on any atom is -0.497 e. The highest BCUT2D eigenvalue weighted by atomic mass is 35.5. The first-order valence-electron chi connectivity index (χ1n) is 9.56. The lowest BCUT2D eigenvalue weighted by Crippen LogP contribution is -2.13. The topological polar surface area (TPSA) is 43.3 Å². The van der Waals surface area contributed by atoms with E-state index in [-0.39, 0.29) is 5.91 Å². The number of carbonyl (C=O) groups excluding carboxylic acids is 1. The quantitative estimate of drug-likeness (QED) is 0.411. The van der Waals surface area contributed by atoms with E-state index in [1.54, 1.807) is 13.2 Å². The normalized spacial score (nSPS) is 10.6. The van der Waals surface area contributed by atoms with Gasteiger partial charge in [-0.1, -0.05) is 48.0 Å². The summed E-state index contributed by atoms with van der Waals surface area (Å²) < 4.78 is 7.34. The summed E-state index contributed by atoms with van der Waals surface area (Å²) >= 11 is 6.08. The fourth-order valence-corrected chi connectivity index (χ4v) is 3.60. The van der Waals surface area contributed by atoms with Crippen LogP contribution >= 0.6 is 11.6 Å². The van der Waals surface area contributed by atoms with Gasteiger partial charge in [0, 0.05) is 28.2 Å². The number of para-hydroxylation sites is 1. The van der Waals surface area contributed by atoms with Crippen LogP contribution in [0.25, 0.3) is 16.9 Å². The van der Waals surface area contributed by atoms with Gasteiger partial charge in [-0.2, -0.15) is 0 Å². The number of ether oxygens (including phenoxy) is 1. The van der Waals surface area contributed by atoms with Gasteiger partial charge in [0.05, 0.1) is 18.4 Å². The van der Waals surface area contributed by atoms with Gasteiger partial charge >= 0.3 is 0 Å². The van der Waals surface area contributed by atoms with Gasteiger partial charge in [-0.15, -0.1) is 0 Å². The molecular weight excluding hydrogens is 396 g/mol. The van der Waals surface area contributed by atoms with Crippen LogP contribution in [0, 0.1) is 6.92 Å². The molecule has 30 heavy (non-hydrogen) atoms. The fraction of sp³-hybridized carbons (Fsp3) is 0.0800. The van der Waals surface area contributed by atoms with Crippen LogP contribution in [0.4, 0.5) is 5.69 Å². The molecule has 0 saturated carbocycles. The molecule has 0 fully saturated rings. The highest BCUT2D eigenvalue weighted by Crippen LogP contribution is 2.31. The number of nitrogens with zero attached hydrogens (tertiary/aromatic N) is 1. The van der Waals surface area contributed by atoms with E-state index in [1.165, 1.54) is 0 Å². The van der Waals surface area contributed by atoms with Gasteiger partial charge in [0.15, 0.2) is 0 Å². The largest absolute Gasteiger partial charge is 0.497 e. The molecule has 1 aromatic heterocycles. The van der Waals surface area contributed by atoms with E-state index in [1.807, 2.05) is 85.8 Å². The van der Waals surface area contributed by atoms with Crippen molar-refractivity contribution in [2.24, 2.45) is 0 Å². The highest BCUT2D eigenvalue weighted by molar-refractivity contribution is 6.30. The average molecular weight is 417 g/mol. The SMILES string of the molecule is COc1cccc(NC(=O)c2cc(-c3ccc(Cl)cc3)n(-c3ccccc3)c2C)c1. The molecule has 1 amide bonds. The van der Waals surface area contributed by atoms with Crippen LogP contribution in [-0.2, 0) is 0 Å². The van der Waals surface area contributed by atoms with Gasteiger partial charge in [0.25, 0.3) is 5.91 Å². The van der Waals surface area contributed by atoms with Crippen molar-refractivity contribution in [3.63, 3.8) is 0 Å². The van der Waals surface area contributed by atoms with E-state index >= 15 is 0 Å². The Morgan fingerprint density at radius 1 is 0.933 bits per heavy atom. The summed E-state index contributed by atoms with van der Waals surface area (Å²) in [5.74, 6) is 0.513. The molecule has 5 heteroatoms. The molecule has 4 rings (SSSR count). The predicted molar refractivity (Wildman–Crippen MR) is 122 cm³/mol. The first-order chi connectivity index (χ1) is 14.6. The van der Waals surface area contributed by atoms with E-state index in [9.17, 15) is 4.79 Å². The van der Waals surface area contributed by atoms with Crippen LogP contribution < -0.4 is 10.1 Å². The second kappa shape index (κ2) is 8.47. The van der Waals surface area contributed by atoms with Crippen molar-refractivity contribution in [3.05, 3.63) is 101 Å². The molecule has 150 valence electrons. The van der Waals surface area contributed by atoms with Gasteiger partial charge in [0.1, 0.15) is 5.75 Å². The number of halogens is 1. The van der Waals surface area contributed by atoms with Crippen LogP contribution in [0.1, 0.15) is 16.1 Å². The molecule has 0 aliphatic heterocycles. The summed E-state index contributed by atoms with van der Waals surface area (Å²) in [6.45, 7) is 1.95. The zero-order valence-electron chi connectivity index (χ0n) is 16.7. The lowest BCUT2D eigenvalue weighted by Gasteiger charge is -2.12. The number of rotatable bonds is 5. The van der Waals surface area contributed by atoms with Crippen molar-refractivity contribution in [2.75, 3.05) is 12.4 Å². The number of carbonyl (C=O) groups is 1. The maximum Gasteiger partial charge on any atom is 0.257 e. The monoisotopic (exact) mass is 416 g/mol. The van der Waals surface area contributed by atoms with Crippen molar-refractivity contribution in [2.45, 2.75) is 6.92 Å². The number of aromatic nitrogens is 1. The third-order valence-corrected chi connectivity index (χ3v) is 5.23. The Morgan fingerprint density at radius 3 is 2.37 bits per heavy atom. The van der Waals surface area contributed by atoms with E-state index in [0.717, 1.165) is 22.6 Å². The zero-order chi connectivity index (χ0) is 21.1. The number of methoxy groups -OCH3 is 1. The summed E-state index contributed by atoms with van der Waals surface area (Å²) in [6.07, 6.45) is 0. The maximum atomic E-state index is 13.1. The molecule has 0 atom stereocenters. The Labute approximate surface area is 180 Å². The Morgan fingerprint density at radius 2 is 1.67 bits per heavy atom. The standard InChI is InChI=1S/C25H21ClN2O2/c1-17-23(25(29)27-20-7-6-10-22(15-20)30-2)16-24(18-11-13-19(26)14-12-18)28(17)21-8-4-3-5-9-21/h3-16H,1-2H3,(H,27,29). The van der Waals surface area contributed by atoms with E-state index in [2.05, 4.69) is 9.88 Å². The van der Waals surface area contributed by atoms with Crippen LogP contribution in [-0.4, -0.2) is 17.6 Å². The molecule has 0 bridgehead atoms. The molecule has 0 radical (unpaired) electrons. The molecule has 0 unspecified atom stereocenters. The maximum absolute atomic E-state index is 13.1. The molecular formula is C25H21ClN2O2. The predicted octanol–water partition coefficient (Wildman–Crippen LogP) is 6.37. The molecule has 4 aromatic rings. The number of anilines is 1. The van der Waals surface area contributed by atoms with Gasteiger partial charge in [0.2, 0.25) is 0 Å². The molecule has 0 aliphatic carbocycles. The molecule has 4 nitrogen and oxygen atoms in total. The van der Waals surface area contributed by atoms with Crippen molar-refractivity contribution in [1.82, 2.24) is 4.57 Å². The van der Waals surface area contributed by atoms with Crippen LogP contribution in [0.2, 0.25) is 5.02 Å². The van der Waals surface area contributed by atoms with Crippen LogP contribution in [0.15, 0.2) is 84.9 Å². The summed E-state index contributed by atoms with van der Waals surface area (Å²) in [5.41, 5.74) is 5.02. The lowest BCUT2D eigenvalue weighted by atomic mass is 10.1. The lowest BCUT2D eigenvalue weighted by molar-refractivity contribution is 0.102. The van der Waals surface area contributed by atoms with Gasteiger partial charge < -0.3 is 14.6 Å². The van der Waals surface area contributed by atoms with E-state index in [0.29, 0.717) is 22.0 Å². The van der Waals surface area contributed by atoms with E-state index < -0.39 is 0 Å². The fourth-order valence-electron chi connectivity index (χ4n) is 3.48. The number of benzene rings is 3. The number of hydrogen-bond acceptors (Lipinski definition) is 2. The summed E-state index contributed by atoms with van der Waals surface area (Å²) in [4.78, 5) is 13.1. The number of hydrogen-bond donors (Lipinski definition) is 1. The molecule has 1 heterocycles. The minimum absolute atomic E-state index is 0.175. The molecule has 0 aliphatic rings. The zero-order valence-corrected chi connectivity index (χ0v) is 17.5. The third-order valence-electron chi connectivity index (χ3n) is 4.97. The average Bonchev–Trinajstić information content (AvgIpc) is 3.12. The van der Waals surface area contributed by atoms with Crippen molar-refractivity contribution in [3.8, 4) is 22.7 Å². The van der Waals surface area contributed by atoms with Crippen molar-refractivity contribution >= 4 is 23.2 Å². The molecule has 0 saturated heterocycles. The molecule has 1 N–H and O–H groups in total.